The fourth-order valence-corrected chi connectivity index (χ4v) is 5.24. The van der Waals surface area contributed by atoms with E-state index in [9.17, 15) is 9.90 Å². The largest absolute Gasteiger partial charge is 0.454 e. The minimum Gasteiger partial charge on any atom is -0.454 e. The normalized spacial score (nSPS) is 21.2. The molecule has 5 rings (SSSR count). The number of piperidine rings is 1. The van der Waals surface area contributed by atoms with Gasteiger partial charge in [-0.15, -0.1) is 0 Å². The second kappa shape index (κ2) is 9.08. The van der Waals surface area contributed by atoms with Crippen LogP contribution in [0.2, 0.25) is 0 Å². The minimum absolute atomic E-state index is 0.0211. The number of aliphatic hydroxyl groups is 1. The van der Waals surface area contributed by atoms with Gasteiger partial charge < -0.3 is 24.5 Å². The number of amides is 1. The molecule has 2 N–H and O–H groups in total. The summed E-state index contributed by atoms with van der Waals surface area (Å²) < 4.78 is 10.9. The first-order valence-electron chi connectivity index (χ1n) is 11.6. The van der Waals surface area contributed by atoms with Crippen molar-refractivity contribution in [3.63, 3.8) is 0 Å². The van der Waals surface area contributed by atoms with Gasteiger partial charge in [-0.1, -0.05) is 24.3 Å². The van der Waals surface area contributed by atoms with Gasteiger partial charge in [-0.25, -0.2) is 0 Å². The molecule has 3 atom stereocenters. The molecule has 174 valence electrons. The van der Waals surface area contributed by atoms with Crippen molar-refractivity contribution in [2.45, 2.75) is 38.5 Å². The SMILES string of the molecule is C[C@@H](O)C1C(=O)N(CCc2c[nH]c3ccccc23)CC[C@@H]1N(C)Cc1ccc2c(c1)OCO2. The Morgan fingerprint density at radius 3 is 2.88 bits per heavy atom. The summed E-state index contributed by atoms with van der Waals surface area (Å²) in [6.07, 6.45) is 2.95. The summed E-state index contributed by atoms with van der Waals surface area (Å²) in [4.78, 5) is 20.8. The number of nitrogens with one attached hydrogen (secondary N) is 1. The Morgan fingerprint density at radius 2 is 2.03 bits per heavy atom. The Labute approximate surface area is 193 Å². The molecule has 0 saturated carbocycles. The van der Waals surface area contributed by atoms with E-state index in [0.29, 0.717) is 19.6 Å². The maximum Gasteiger partial charge on any atom is 0.231 e. The molecule has 33 heavy (non-hydrogen) atoms. The molecule has 3 aromatic rings. The maximum atomic E-state index is 13.4. The molecule has 0 radical (unpaired) electrons. The molecule has 1 fully saturated rings. The molecule has 2 aliphatic rings. The van der Waals surface area contributed by atoms with Crippen molar-refractivity contribution in [2.24, 2.45) is 5.92 Å². The number of carbonyl (C=O) groups is 1. The summed E-state index contributed by atoms with van der Waals surface area (Å²) >= 11 is 0. The van der Waals surface area contributed by atoms with E-state index < -0.39 is 12.0 Å². The number of hydrogen-bond acceptors (Lipinski definition) is 5. The molecule has 7 heteroatoms. The van der Waals surface area contributed by atoms with E-state index in [2.05, 4.69) is 22.0 Å². The van der Waals surface area contributed by atoms with Crippen molar-refractivity contribution in [3.8, 4) is 11.5 Å². The molecule has 1 unspecified atom stereocenters. The lowest BCUT2D eigenvalue weighted by Crippen LogP contribution is -2.56. The maximum absolute atomic E-state index is 13.4. The smallest absolute Gasteiger partial charge is 0.231 e. The average Bonchev–Trinajstić information content (AvgIpc) is 3.44. The van der Waals surface area contributed by atoms with Crippen LogP contribution in [-0.4, -0.2) is 64.9 Å². The number of carbonyl (C=O) groups excluding carboxylic acids is 1. The molecular weight excluding hydrogens is 418 g/mol. The van der Waals surface area contributed by atoms with Gasteiger partial charge >= 0.3 is 0 Å². The average molecular weight is 450 g/mol. The van der Waals surface area contributed by atoms with Gasteiger partial charge in [-0.05, 0) is 56.1 Å². The van der Waals surface area contributed by atoms with Crippen LogP contribution in [0.1, 0.15) is 24.5 Å². The van der Waals surface area contributed by atoms with Crippen molar-refractivity contribution in [3.05, 3.63) is 59.8 Å². The van der Waals surface area contributed by atoms with Crippen LogP contribution < -0.4 is 9.47 Å². The van der Waals surface area contributed by atoms with Crippen molar-refractivity contribution >= 4 is 16.8 Å². The minimum atomic E-state index is -0.711. The number of para-hydroxylation sites is 1. The fourth-order valence-electron chi connectivity index (χ4n) is 5.24. The van der Waals surface area contributed by atoms with Crippen LogP contribution in [0.3, 0.4) is 0 Å². The zero-order valence-electron chi connectivity index (χ0n) is 19.2. The topological polar surface area (TPSA) is 78.0 Å². The third-order valence-corrected chi connectivity index (χ3v) is 6.99. The number of hydrogen-bond donors (Lipinski definition) is 2. The molecule has 3 heterocycles. The number of aromatic nitrogens is 1. The number of ether oxygens (including phenoxy) is 2. The highest BCUT2D eigenvalue weighted by Gasteiger charge is 2.41. The fraction of sp³-hybridized carbons (Fsp3) is 0.423. The van der Waals surface area contributed by atoms with Gasteiger partial charge in [0.2, 0.25) is 12.7 Å². The standard InChI is InChI=1S/C26H31N3O4/c1-17(30)25-22(28(2)15-18-7-8-23-24(13-18)33-16-32-23)10-12-29(26(25)31)11-9-19-14-27-21-6-4-3-5-20(19)21/h3-8,13-14,17,22,25,27,30H,9-12,15-16H2,1-2H3/t17-,22+,25?/m1/s1. The monoisotopic (exact) mass is 449 g/mol. The van der Waals surface area contributed by atoms with Gasteiger partial charge in [0.25, 0.3) is 0 Å². The summed E-state index contributed by atoms with van der Waals surface area (Å²) in [6, 6.07) is 14.2. The number of aliphatic hydroxyl groups excluding tert-OH is 1. The van der Waals surface area contributed by atoms with Crippen LogP contribution in [-0.2, 0) is 17.8 Å². The molecule has 2 aliphatic heterocycles. The van der Waals surface area contributed by atoms with Gasteiger partial charge in [0.05, 0.1) is 12.0 Å². The Hall–Kier alpha value is -3.03. The Bertz CT molecular complexity index is 1140. The lowest BCUT2D eigenvalue weighted by molar-refractivity contribution is -0.147. The van der Waals surface area contributed by atoms with Crippen molar-refractivity contribution in [1.29, 1.82) is 0 Å². The molecule has 0 aliphatic carbocycles. The summed E-state index contributed by atoms with van der Waals surface area (Å²) in [5.74, 6) is 1.12. The van der Waals surface area contributed by atoms with E-state index >= 15 is 0 Å². The van der Waals surface area contributed by atoms with E-state index in [1.807, 2.05) is 48.5 Å². The summed E-state index contributed by atoms with van der Waals surface area (Å²) in [7, 11) is 2.03. The number of fused-ring (bicyclic) bond motifs is 2. The first kappa shape index (κ1) is 21.8. The third kappa shape index (κ3) is 4.30. The number of benzene rings is 2. The molecule has 2 aromatic carbocycles. The zero-order valence-corrected chi connectivity index (χ0v) is 19.2. The molecule has 0 bridgehead atoms. The molecule has 1 amide bonds. The van der Waals surface area contributed by atoms with Crippen LogP contribution in [0.4, 0.5) is 0 Å². The van der Waals surface area contributed by atoms with Crippen LogP contribution in [0, 0.1) is 5.92 Å². The quantitative estimate of drug-likeness (QED) is 0.579. The van der Waals surface area contributed by atoms with Crippen LogP contribution in [0.5, 0.6) is 11.5 Å². The number of aromatic amines is 1. The lowest BCUT2D eigenvalue weighted by Gasteiger charge is -2.43. The highest BCUT2D eigenvalue weighted by atomic mass is 16.7. The summed E-state index contributed by atoms with van der Waals surface area (Å²) in [5, 5.41) is 11.8. The molecular formula is C26H31N3O4. The Balaban J connectivity index is 1.25. The van der Waals surface area contributed by atoms with Crippen molar-refractivity contribution < 1.29 is 19.4 Å². The van der Waals surface area contributed by atoms with Crippen molar-refractivity contribution in [1.82, 2.24) is 14.8 Å². The highest BCUT2D eigenvalue weighted by Crippen LogP contribution is 2.34. The van der Waals surface area contributed by atoms with E-state index in [1.165, 1.54) is 10.9 Å². The number of nitrogens with zero attached hydrogens (tertiary/aromatic N) is 2. The second-order valence-corrected chi connectivity index (χ2v) is 9.16. The zero-order chi connectivity index (χ0) is 22.9. The predicted octanol–water partition coefficient (Wildman–Crippen LogP) is 3.17. The predicted molar refractivity (Wildman–Crippen MR) is 126 cm³/mol. The van der Waals surface area contributed by atoms with E-state index in [0.717, 1.165) is 35.4 Å². The van der Waals surface area contributed by atoms with Gasteiger partial charge in [0, 0.05) is 42.8 Å². The highest BCUT2D eigenvalue weighted by molar-refractivity contribution is 5.83. The molecule has 1 saturated heterocycles. The van der Waals surface area contributed by atoms with Gasteiger partial charge in [-0.2, -0.15) is 0 Å². The van der Waals surface area contributed by atoms with Gasteiger partial charge in [0.15, 0.2) is 11.5 Å². The third-order valence-electron chi connectivity index (χ3n) is 6.99. The summed E-state index contributed by atoms with van der Waals surface area (Å²) in [6.45, 7) is 4.01. The molecule has 7 nitrogen and oxygen atoms in total. The van der Waals surface area contributed by atoms with E-state index in [1.54, 1.807) is 6.92 Å². The summed E-state index contributed by atoms with van der Waals surface area (Å²) in [5.41, 5.74) is 3.43. The van der Waals surface area contributed by atoms with Gasteiger partial charge in [0.1, 0.15) is 0 Å². The van der Waals surface area contributed by atoms with Crippen LogP contribution in [0.15, 0.2) is 48.7 Å². The van der Waals surface area contributed by atoms with Crippen LogP contribution in [0.25, 0.3) is 10.9 Å². The second-order valence-electron chi connectivity index (χ2n) is 9.16. The number of H-pyrrole nitrogens is 1. The van der Waals surface area contributed by atoms with Gasteiger partial charge in [-0.3, -0.25) is 9.69 Å². The Kier molecular flexibility index (Phi) is 6.00. The number of rotatable bonds is 7. The van der Waals surface area contributed by atoms with E-state index in [-0.39, 0.29) is 18.7 Å². The van der Waals surface area contributed by atoms with Crippen molar-refractivity contribution in [2.75, 3.05) is 26.9 Å². The van der Waals surface area contributed by atoms with E-state index in [4.69, 9.17) is 9.47 Å². The lowest BCUT2D eigenvalue weighted by atomic mass is 9.85. The van der Waals surface area contributed by atoms with Crippen LogP contribution >= 0.6 is 0 Å². The number of likely N-dealkylation sites (tertiary alicyclic amines) is 1. The molecule has 0 spiro atoms. The molecule has 1 aromatic heterocycles. The first-order chi connectivity index (χ1) is 16.0. The Morgan fingerprint density at radius 1 is 1.21 bits per heavy atom. The first-order valence-corrected chi connectivity index (χ1v) is 11.6.